The van der Waals surface area contributed by atoms with Gasteiger partial charge in [0.05, 0.1) is 11.0 Å². The lowest BCUT2D eigenvalue weighted by Crippen LogP contribution is -2.23. The van der Waals surface area contributed by atoms with Gasteiger partial charge < -0.3 is 15.4 Å². The predicted octanol–water partition coefficient (Wildman–Crippen LogP) is 4.70. The van der Waals surface area contributed by atoms with Gasteiger partial charge in [-0.1, -0.05) is 23.7 Å². The molecule has 0 aliphatic heterocycles. The molecule has 3 aromatic carbocycles. The Morgan fingerprint density at radius 1 is 1.06 bits per heavy atom. The van der Waals surface area contributed by atoms with Crippen LogP contribution in [0.3, 0.4) is 0 Å². The monoisotopic (exact) mass is 449 g/mol. The van der Waals surface area contributed by atoms with E-state index in [0.717, 1.165) is 5.56 Å². The van der Waals surface area contributed by atoms with Crippen molar-refractivity contribution in [2.24, 2.45) is 0 Å². The average Bonchev–Trinajstić information content (AvgIpc) is 2.79. The molecule has 1 aromatic heterocycles. The van der Waals surface area contributed by atoms with E-state index < -0.39 is 5.56 Å². The van der Waals surface area contributed by atoms with Crippen LogP contribution >= 0.6 is 11.6 Å². The Morgan fingerprint density at radius 2 is 1.75 bits per heavy atom. The summed E-state index contributed by atoms with van der Waals surface area (Å²) in [7, 11) is 0. The van der Waals surface area contributed by atoms with Gasteiger partial charge in [0.15, 0.2) is 0 Å². The first-order valence-electron chi connectivity index (χ1n) is 9.62. The molecule has 160 valence electrons. The maximum Gasteiger partial charge on any atom is 0.274 e. The number of aliphatic hydroxyl groups excluding tert-OH is 1. The van der Waals surface area contributed by atoms with Crippen LogP contribution in [0.2, 0.25) is 5.02 Å². The molecular weight excluding hydrogens is 433 g/mol. The SMILES string of the molecule is O=C(NCc1ccc(F)cc1)c1ccc2nc(/C=C(\O)c3ccc(Cl)cc3)c(=O)[nH]c2c1. The summed E-state index contributed by atoms with van der Waals surface area (Å²) in [4.78, 5) is 31.9. The van der Waals surface area contributed by atoms with E-state index in [1.54, 1.807) is 48.5 Å². The molecule has 1 heterocycles. The van der Waals surface area contributed by atoms with E-state index >= 15 is 0 Å². The maximum absolute atomic E-state index is 13.0. The molecule has 0 bridgehead atoms. The highest BCUT2D eigenvalue weighted by Gasteiger charge is 2.10. The molecule has 0 aliphatic rings. The molecule has 4 aromatic rings. The number of rotatable bonds is 5. The maximum atomic E-state index is 13.0. The second-order valence-electron chi connectivity index (χ2n) is 7.03. The smallest absolute Gasteiger partial charge is 0.274 e. The van der Waals surface area contributed by atoms with E-state index in [1.807, 2.05) is 0 Å². The number of amides is 1. The van der Waals surface area contributed by atoms with E-state index in [1.165, 1.54) is 24.3 Å². The van der Waals surface area contributed by atoms with Gasteiger partial charge in [-0.15, -0.1) is 0 Å². The highest BCUT2D eigenvalue weighted by molar-refractivity contribution is 6.30. The number of aromatic nitrogens is 2. The van der Waals surface area contributed by atoms with Crippen molar-refractivity contribution in [3.8, 4) is 0 Å². The van der Waals surface area contributed by atoms with Crippen molar-refractivity contribution in [1.82, 2.24) is 15.3 Å². The van der Waals surface area contributed by atoms with Crippen molar-refractivity contribution >= 4 is 40.4 Å². The highest BCUT2D eigenvalue weighted by atomic mass is 35.5. The van der Waals surface area contributed by atoms with Crippen molar-refractivity contribution in [2.75, 3.05) is 0 Å². The molecule has 0 aliphatic carbocycles. The van der Waals surface area contributed by atoms with E-state index in [0.29, 0.717) is 27.2 Å². The normalized spacial score (nSPS) is 11.5. The fourth-order valence-electron chi connectivity index (χ4n) is 3.06. The standard InChI is InChI=1S/C24H17ClFN3O3/c25-17-6-3-15(4-7-17)22(30)12-21-24(32)29-20-11-16(5-10-19(20)28-21)23(31)27-13-14-1-8-18(26)9-2-14/h1-12,30H,13H2,(H,27,31)(H,29,32)/b22-12-. The van der Waals surface area contributed by atoms with Gasteiger partial charge in [-0.2, -0.15) is 0 Å². The number of carbonyl (C=O) groups excluding carboxylic acids is 1. The zero-order valence-electron chi connectivity index (χ0n) is 16.6. The summed E-state index contributed by atoms with van der Waals surface area (Å²) in [6.45, 7) is 0.236. The topological polar surface area (TPSA) is 95.1 Å². The van der Waals surface area contributed by atoms with Crippen LogP contribution in [0.15, 0.2) is 71.5 Å². The molecular formula is C24H17ClFN3O3. The fourth-order valence-corrected chi connectivity index (χ4v) is 3.19. The Morgan fingerprint density at radius 3 is 2.47 bits per heavy atom. The van der Waals surface area contributed by atoms with Crippen molar-refractivity contribution < 1.29 is 14.3 Å². The molecule has 0 atom stereocenters. The van der Waals surface area contributed by atoms with E-state index in [9.17, 15) is 19.1 Å². The second-order valence-corrected chi connectivity index (χ2v) is 7.47. The number of H-pyrrole nitrogens is 1. The van der Waals surface area contributed by atoms with Crippen LogP contribution in [0.1, 0.15) is 27.2 Å². The number of halogens is 2. The van der Waals surface area contributed by atoms with E-state index in [2.05, 4.69) is 15.3 Å². The third kappa shape index (κ3) is 4.84. The molecule has 4 rings (SSSR count). The summed E-state index contributed by atoms with van der Waals surface area (Å²) in [5.74, 6) is -0.820. The fraction of sp³-hybridized carbons (Fsp3) is 0.0417. The van der Waals surface area contributed by atoms with Crippen molar-refractivity contribution in [3.05, 3.63) is 110 Å². The zero-order valence-corrected chi connectivity index (χ0v) is 17.4. The lowest BCUT2D eigenvalue weighted by atomic mass is 10.1. The molecule has 0 saturated heterocycles. The Kier molecular flexibility index (Phi) is 6.00. The van der Waals surface area contributed by atoms with Crippen LogP contribution < -0.4 is 10.9 Å². The molecule has 6 nitrogen and oxygen atoms in total. The molecule has 32 heavy (non-hydrogen) atoms. The number of nitrogens with zero attached hydrogens (tertiary/aromatic N) is 1. The van der Waals surface area contributed by atoms with Crippen molar-refractivity contribution in [3.63, 3.8) is 0 Å². The first-order chi connectivity index (χ1) is 15.4. The number of nitrogens with one attached hydrogen (secondary N) is 2. The summed E-state index contributed by atoms with van der Waals surface area (Å²) in [5, 5.41) is 13.6. The van der Waals surface area contributed by atoms with Gasteiger partial charge in [-0.3, -0.25) is 9.59 Å². The minimum Gasteiger partial charge on any atom is -0.507 e. The third-order valence-electron chi connectivity index (χ3n) is 4.76. The number of hydrogen-bond acceptors (Lipinski definition) is 4. The summed E-state index contributed by atoms with van der Waals surface area (Å²) in [5.41, 5.74) is 1.93. The zero-order chi connectivity index (χ0) is 22.7. The van der Waals surface area contributed by atoms with Gasteiger partial charge in [-0.25, -0.2) is 9.37 Å². The molecule has 0 unspecified atom stereocenters. The molecule has 0 fully saturated rings. The summed E-state index contributed by atoms with van der Waals surface area (Å²) in [6, 6.07) is 17.0. The third-order valence-corrected chi connectivity index (χ3v) is 5.01. The van der Waals surface area contributed by atoms with Crippen LogP contribution in [-0.4, -0.2) is 21.0 Å². The average molecular weight is 450 g/mol. The van der Waals surface area contributed by atoms with Crippen LogP contribution in [0.25, 0.3) is 22.9 Å². The first-order valence-corrected chi connectivity index (χ1v) is 10.0. The van der Waals surface area contributed by atoms with Crippen LogP contribution in [0.4, 0.5) is 4.39 Å². The Hall–Kier alpha value is -3.97. The minimum absolute atomic E-state index is 0.0264. The van der Waals surface area contributed by atoms with E-state index in [-0.39, 0.29) is 29.7 Å². The van der Waals surface area contributed by atoms with Gasteiger partial charge in [0.1, 0.15) is 17.3 Å². The molecule has 8 heteroatoms. The van der Waals surface area contributed by atoms with Crippen LogP contribution in [-0.2, 0) is 6.54 Å². The Balaban J connectivity index is 1.55. The number of aromatic amines is 1. The van der Waals surface area contributed by atoms with E-state index in [4.69, 9.17) is 11.6 Å². The van der Waals surface area contributed by atoms with Crippen molar-refractivity contribution in [2.45, 2.75) is 6.54 Å². The number of hydrogen-bond donors (Lipinski definition) is 3. The molecule has 0 saturated carbocycles. The Labute approximate surface area is 187 Å². The minimum atomic E-state index is -0.512. The van der Waals surface area contributed by atoms with Gasteiger partial charge in [-0.05, 0) is 60.2 Å². The number of fused-ring (bicyclic) bond motifs is 1. The number of carbonyl (C=O) groups is 1. The summed E-state index contributed by atoms with van der Waals surface area (Å²) >= 11 is 5.85. The largest absolute Gasteiger partial charge is 0.507 e. The summed E-state index contributed by atoms with van der Waals surface area (Å²) < 4.78 is 13.0. The highest BCUT2D eigenvalue weighted by Crippen LogP contribution is 2.18. The predicted molar refractivity (Wildman–Crippen MR) is 122 cm³/mol. The lowest BCUT2D eigenvalue weighted by molar-refractivity contribution is 0.0951. The molecule has 1 amide bonds. The first kappa shape index (κ1) is 21.3. The van der Waals surface area contributed by atoms with Gasteiger partial charge in [0, 0.05) is 28.8 Å². The van der Waals surface area contributed by atoms with Gasteiger partial charge >= 0.3 is 0 Å². The number of aliphatic hydroxyl groups is 1. The van der Waals surface area contributed by atoms with Gasteiger partial charge in [0.25, 0.3) is 11.5 Å². The molecule has 0 radical (unpaired) electrons. The molecule has 0 spiro atoms. The van der Waals surface area contributed by atoms with Gasteiger partial charge in [0.2, 0.25) is 0 Å². The second kappa shape index (κ2) is 9.03. The quantitative estimate of drug-likeness (QED) is 0.385. The summed E-state index contributed by atoms with van der Waals surface area (Å²) in [6.07, 6.45) is 1.27. The van der Waals surface area contributed by atoms with Crippen LogP contribution in [0.5, 0.6) is 0 Å². The Bertz CT molecular complexity index is 1380. The molecule has 3 N–H and O–H groups in total. The number of benzene rings is 3. The van der Waals surface area contributed by atoms with Crippen molar-refractivity contribution in [1.29, 1.82) is 0 Å². The van der Waals surface area contributed by atoms with Crippen LogP contribution in [0, 0.1) is 5.82 Å². The lowest BCUT2D eigenvalue weighted by Gasteiger charge is -2.07.